The number of aromatic amines is 1. The van der Waals surface area contributed by atoms with Crippen LogP contribution in [0.15, 0.2) is 29.5 Å². The van der Waals surface area contributed by atoms with Gasteiger partial charge in [0.25, 0.3) is 0 Å². The summed E-state index contributed by atoms with van der Waals surface area (Å²) in [6.07, 6.45) is 4.65. The molecule has 3 aromatic rings. The van der Waals surface area contributed by atoms with Gasteiger partial charge < -0.3 is 19.8 Å². The number of H-pyrrole nitrogens is 1. The third kappa shape index (κ3) is 2.86. The van der Waals surface area contributed by atoms with Crippen LogP contribution >= 0.6 is 0 Å². The van der Waals surface area contributed by atoms with Gasteiger partial charge in [-0.25, -0.2) is 18.8 Å². The molecule has 0 aliphatic rings. The molecule has 0 unspecified atom stereocenters. The third-order valence-corrected chi connectivity index (χ3v) is 3.75. The van der Waals surface area contributed by atoms with Crippen LogP contribution in [-0.4, -0.2) is 37.4 Å². The van der Waals surface area contributed by atoms with Crippen molar-refractivity contribution in [1.82, 2.24) is 9.97 Å². The van der Waals surface area contributed by atoms with Crippen LogP contribution in [0.1, 0.15) is 5.56 Å². The van der Waals surface area contributed by atoms with Crippen LogP contribution in [0.5, 0.6) is 11.5 Å². The van der Waals surface area contributed by atoms with Gasteiger partial charge in [0.15, 0.2) is 23.1 Å². The van der Waals surface area contributed by atoms with E-state index < -0.39 is 17.3 Å². The van der Waals surface area contributed by atoms with E-state index >= 15 is 0 Å². The summed E-state index contributed by atoms with van der Waals surface area (Å²) < 4.78 is 38.5. The average Bonchev–Trinajstić information content (AvgIpc) is 3.10. The number of anilines is 1. The van der Waals surface area contributed by atoms with Crippen molar-refractivity contribution >= 4 is 28.6 Å². The Hall–Kier alpha value is -3.16. The van der Waals surface area contributed by atoms with Gasteiger partial charge in [0, 0.05) is 42.7 Å². The number of ether oxygens (including phenoxy) is 2. The zero-order chi connectivity index (χ0) is 18.0. The number of hydrogen-bond acceptors (Lipinski definition) is 5. The first-order valence-corrected chi connectivity index (χ1v) is 7.38. The van der Waals surface area contributed by atoms with Crippen molar-refractivity contribution in [3.8, 4) is 11.5 Å². The molecule has 0 spiro atoms. The Morgan fingerprint density at radius 3 is 2.48 bits per heavy atom. The van der Waals surface area contributed by atoms with E-state index in [-0.39, 0.29) is 11.5 Å². The van der Waals surface area contributed by atoms with E-state index in [4.69, 9.17) is 9.47 Å². The summed E-state index contributed by atoms with van der Waals surface area (Å²) in [7, 11) is 4.31. The van der Waals surface area contributed by atoms with Gasteiger partial charge in [-0.1, -0.05) is 0 Å². The van der Waals surface area contributed by atoms with Crippen LogP contribution in [0, 0.1) is 11.6 Å². The van der Waals surface area contributed by atoms with Crippen molar-refractivity contribution < 1.29 is 18.3 Å². The molecule has 0 amide bonds. The van der Waals surface area contributed by atoms with Crippen molar-refractivity contribution in [2.24, 2.45) is 4.99 Å². The second-order valence-corrected chi connectivity index (χ2v) is 5.09. The van der Waals surface area contributed by atoms with Gasteiger partial charge >= 0.3 is 0 Å². The number of nitrogens with zero attached hydrogens (tertiary/aromatic N) is 2. The molecule has 8 heteroatoms. The van der Waals surface area contributed by atoms with E-state index in [9.17, 15) is 8.78 Å². The maximum Gasteiger partial charge on any atom is 0.193 e. The number of pyridine rings is 1. The highest BCUT2D eigenvalue weighted by molar-refractivity contribution is 6.00. The second kappa shape index (κ2) is 6.76. The highest BCUT2D eigenvalue weighted by Gasteiger charge is 2.19. The molecule has 6 nitrogen and oxygen atoms in total. The van der Waals surface area contributed by atoms with Gasteiger partial charge in [-0.15, -0.1) is 0 Å². The fourth-order valence-electron chi connectivity index (χ4n) is 2.52. The number of fused-ring (bicyclic) bond motifs is 1. The molecule has 0 aliphatic carbocycles. The Morgan fingerprint density at radius 1 is 1.20 bits per heavy atom. The van der Waals surface area contributed by atoms with Gasteiger partial charge in [-0.2, -0.15) is 0 Å². The molecule has 3 rings (SSSR count). The quantitative estimate of drug-likeness (QED) is 0.692. The fraction of sp³-hybridized carbons (Fsp3) is 0.176. The molecular weight excluding hydrogens is 330 g/mol. The first-order valence-electron chi connectivity index (χ1n) is 7.38. The molecule has 1 aromatic carbocycles. The average molecular weight is 346 g/mol. The molecule has 2 heterocycles. The summed E-state index contributed by atoms with van der Waals surface area (Å²) in [5.74, 6) is -2.12. The summed E-state index contributed by atoms with van der Waals surface area (Å²) in [6, 6.07) is 2.98. The molecular formula is C17H16F2N4O2. The van der Waals surface area contributed by atoms with Crippen LogP contribution in [0.3, 0.4) is 0 Å². The lowest BCUT2D eigenvalue weighted by Crippen LogP contribution is -1.98. The van der Waals surface area contributed by atoms with E-state index in [0.29, 0.717) is 11.2 Å². The van der Waals surface area contributed by atoms with Gasteiger partial charge in [-0.05, 0) is 6.07 Å². The van der Waals surface area contributed by atoms with Crippen molar-refractivity contribution in [1.29, 1.82) is 0 Å². The molecule has 0 atom stereocenters. The first-order chi connectivity index (χ1) is 12.1. The number of benzene rings is 1. The van der Waals surface area contributed by atoms with Crippen LogP contribution in [-0.2, 0) is 0 Å². The van der Waals surface area contributed by atoms with E-state index in [0.717, 1.165) is 17.1 Å². The number of methoxy groups -OCH3 is 2. The SMILES string of the molecule is CNc1c(/C=N/c2c(F)c(OC)cc(OC)c2F)cnc2[nH]ccc12. The van der Waals surface area contributed by atoms with E-state index in [1.165, 1.54) is 20.4 Å². The lowest BCUT2D eigenvalue weighted by molar-refractivity contribution is 0.359. The van der Waals surface area contributed by atoms with Crippen LogP contribution in [0.4, 0.5) is 20.2 Å². The first kappa shape index (κ1) is 16.7. The summed E-state index contributed by atoms with van der Waals surface area (Å²) in [6.45, 7) is 0. The number of nitrogens with one attached hydrogen (secondary N) is 2. The number of rotatable bonds is 5. The standard InChI is InChI=1S/C17H16F2N4O2/c1-20-15-9(8-23-17-10(15)4-5-21-17)7-22-16-13(18)11(24-2)6-12(25-3)14(16)19/h4-8H,1-3H3,(H2,20,21,23)/b22-7+. The predicted molar refractivity (Wildman–Crippen MR) is 92.4 cm³/mol. The summed E-state index contributed by atoms with van der Waals surface area (Å²) in [5, 5.41) is 3.89. The van der Waals surface area contributed by atoms with Crippen molar-refractivity contribution in [2.75, 3.05) is 26.6 Å². The number of aromatic nitrogens is 2. The monoisotopic (exact) mass is 346 g/mol. The summed E-state index contributed by atoms with van der Waals surface area (Å²) in [5.41, 5.74) is 1.52. The zero-order valence-corrected chi connectivity index (χ0v) is 13.9. The molecule has 0 saturated carbocycles. The molecule has 2 aromatic heterocycles. The van der Waals surface area contributed by atoms with Gasteiger partial charge in [0.05, 0.1) is 19.9 Å². The Bertz CT molecular complexity index is 925. The molecule has 0 bridgehead atoms. The van der Waals surface area contributed by atoms with Crippen LogP contribution in [0.2, 0.25) is 0 Å². The lowest BCUT2D eigenvalue weighted by Gasteiger charge is -2.10. The molecule has 0 radical (unpaired) electrons. The van der Waals surface area contributed by atoms with Gasteiger partial charge in [-0.3, -0.25) is 0 Å². The van der Waals surface area contributed by atoms with Crippen molar-refractivity contribution in [2.45, 2.75) is 0 Å². The molecule has 130 valence electrons. The smallest absolute Gasteiger partial charge is 0.193 e. The minimum Gasteiger partial charge on any atom is -0.493 e. The zero-order valence-electron chi connectivity index (χ0n) is 13.9. The van der Waals surface area contributed by atoms with Gasteiger partial charge in [0.2, 0.25) is 0 Å². The van der Waals surface area contributed by atoms with Crippen LogP contribution in [0.25, 0.3) is 11.0 Å². The summed E-state index contributed by atoms with van der Waals surface area (Å²) in [4.78, 5) is 11.2. The topological polar surface area (TPSA) is 71.5 Å². The Kier molecular flexibility index (Phi) is 4.51. The minimum atomic E-state index is -0.904. The normalized spacial score (nSPS) is 11.2. The number of halogens is 2. The molecule has 0 aliphatic heterocycles. The summed E-state index contributed by atoms with van der Waals surface area (Å²) >= 11 is 0. The Balaban J connectivity index is 2.11. The largest absolute Gasteiger partial charge is 0.493 e. The van der Waals surface area contributed by atoms with E-state index in [2.05, 4.69) is 20.3 Å². The van der Waals surface area contributed by atoms with Crippen LogP contribution < -0.4 is 14.8 Å². The molecule has 2 N–H and O–H groups in total. The Labute approximate surface area is 142 Å². The Morgan fingerprint density at radius 2 is 1.88 bits per heavy atom. The maximum atomic E-state index is 14.4. The minimum absolute atomic E-state index is 0.154. The fourth-order valence-corrected chi connectivity index (χ4v) is 2.52. The highest BCUT2D eigenvalue weighted by Crippen LogP contribution is 2.36. The maximum absolute atomic E-state index is 14.4. The van der Waals surface area contributed by atoms with E-state index in [1.807, 2.05) is 6.07 Å². The third-order valence-electron chi connectivity index (χ3n) is 3.75. The predicted octanol–water partition coefficient (Wildman–Crippen LogP) is 3.65. The molecule has 0 fully saturated rings. The molecule has 0 saturated heterocycles. The van der Waals surface area contributed by atoms with Crippen molar-refractivity contribution in [3.63, 3.8) is 0 Å². The number of aliphatic imine (C=N–C) groups is 1. The van der Waals surface area contributed by atoms with Crippen molar-refractivity contribution in [3.05, 3.63) is 41.7 Å². The van der Waals surface area contributed by atoms with Gasteiger partial charge in [0.1, 0.15) is 11.3 Å². The second-order valence-electron chi connectivity index (χ2n) is 5.09. The highest BCUT2D eigenvalue weighted by atomic mass is 19.1. The lowest BCUT2D eigenvalue weighted by atomic mass is 10.2. The van der Waals surface area contributed by atoms with E-state index in [1.54, 1.807) is 19.4 Å². The number of hydrogen-bond donors (Lipinski definition) is 2. The molecule has 25 heavy (non-hydrogen) atoms.